The maximum atomic E-state index is 13.1. The quantitative estimate of drug-likeness (QED) is 0.857. The van der Waals surface area contributed by atoms with Crippen LogP contribution in [0.2, 0.25) is 5.02 Å². The predicted molar refractivity (Wildman–Crippen MR) is 90.0 cm³/mol. The first-order valence-corrected chi connectivity index (χ1v) is 9.12. The standard InChI is InChI=1S/C17H17ClN2OS/c18-12-2-1-3-13-11(12)7-14(22-13)17(21)16-15-9-4-5-20(16)8-10(6-9)19-15/h1-3,7,9-10,15-16,19H,4-6,8H2. The lowest BCUT2D eigenvalue weighted by molar-refractivity contribution is 0.0521. The summed E-state index contributed by atoms with van der Waals surface area (Å²) >= 11 is 7.84. The van der Waals surface area contributed by atoms with E-state index in [0.717, 1.165) is 33.1 Å². The highest BCUT2D eigenvalue weighted by Gasteiger charge is 2.51. The zero-order valence-electron chi connectivity index (χ0n) is 12.1. The number of benzene rings is 1. The summed E-state index contributed by atoms with van der Waals surface area (Å²) in [6.07, 6.45) is 2.47. The van der Waals surface area contributed by atoms with Crippen LogP contribution < -0.4 is 5.32 Å². The second-order valence-corrected chi connectivity index (χ2v) is 8.23. The molecule has 5 unspecified atom stereocenters. The summed E-state index contributed by atoms with van der Waals surface area (Å²) in [5.74, 6) is 0.954. The fraction of sp³-hybridized carbons (Fsp3) is 0.471. The van der Waals surface area contributed by atoms with Crippen LogP contribution in [0.25, 0.3) is 10.1 Å². The number of hydrogen-bond acceptors (Lipinski definition) is 4. The average molecular weight is 333 g/mol. The van der Waals surface area contributed by atoms with Crippen LogP contribution in [0.1, 0.15) is 22.5 Å². The fourth-order valence-electron chi connectivity index (χ4n) is 4.57. The van der Waals surface area contributed by atoms with Gasteiger partial charge in [0.15, 0.2) is 5.78 Å². The van der Waals surface area contributed by atoms with E-state index < -0.39 is 0 Å². The Hall–Kier alpha value is -0.940. The highest BCUT2D eigenvalue weighted by molar-refractivity contribution is 7.21. The van der Waals surface area contributed by atoms with E-state index in [-0.39, 0.29) is 11.8 Å². The van der Waals surface area contributed by atoms with Gasteiger partial charge in [-0.1, -0.05) is 17.7 Å². The molecule has 1 aromatic carbocycles. The number of halogens is 1. The van der Waals surface area contributed by atoms with Gasteiger partial charge in [0.2, 0.25) is 0 Å². The number of ketones is 1. The van der Waals surface area contributed by atoms with Crippen LogP contribution in [-0.4, -0.2) is 41.9 Å². The molecule has 3 aliphatic rings. The molecule has 5 atom stereocenters. The Morgan fingerprint density at radius 3 is 3.18 bits per heavy atom. The Kier molecular flexibility index (Phi) is 2.93. The molecular formula is C17H17ClN2OS. The molecule has 1 aromatic heterocycles. The molecule has 0 saturated carbocycles. The van der Waals surface area contributed by atoms with Crippen LogP contribution in [-0.2, 0) is 0 Å². The maximum absolute atomic E-state index is 13.1. The zero-order valence-corrected chi connectivity index (χ0v) is 13.7. The second-order valence-electron chi connectivity index (χ2n) is 6.74. The zero-order chi connectivity index (χ0) is 14.8. The number of nitrogens with zero attached hydrogens (tertiary/aromatic N) is 1. The third-order valence-electron chi connectivity index (χ3n) is 5.52. The number of rotatable bonds is 2. The van der Waals surface area contributed by atoms with Gasteiger partial charge in [-0.25, -0.2) is 0 Å². The molecule has 3 aliphatic heterocycles. The van der Waals surface area contributed by atoms with Gasteiger partial charge in [0.1, 0.15) is 0 Å². The maximum Gasteiger partial charge on any atom is 0.191 e. The van der Waals surface area contributed by atoms with Crippen molar-refractivity contribution in [2.24, 2.45) is 5.92 Å². The highest BCUT2D eigenvalue weighted by Crippen LogP contribution is 2.40. The molecule has 4 heterocycles. The topological polar surface area (TPSA) is 32.3 Å². The number of carbonyl (C=O) groups is 1. The van der Waals surface area contributed by atoms with Crippen LogP contribution in [0.4, 0.5) is 0 Å². The average Bonchev–Trinajstić information content (AvgIpc) is 3.02. The second kappa shape index (κ2) is 4.78. The number of fused-ring (bicyclic) bond motifs is 3. The number of thiophene rings is 1. The molecule has 22 heavy (non-hydrogen) atoms. The Morgan fingerprint density at radius 1 is 1.41 bits per heavy atom. The third kappa shape index (κ3) is 1.84. The number of Topliss-reactive ketones (excluding diaryl/α,β-unsaturated/α-hetero) is 1. The smallest absolute Gasteiger partial charge is 0.191 e. The van der Waals surface area contributed by atoms with Crippen molar-refractivity contribution in [2.45, 2.75) is 31.0 Å². The van der Waals surface area contributed by atoms with E-state index in [1.165, 1.54) is 12.8 Å². The van der Waals surface area contributed by atoms with Gasteiger partial charge >= 0.3 is 0 Å². The summed E-state index contributed by atoms with van der Waals surface area (Å²) in [5.41, 5.74) is 0. The van der Waals surface area contributed by atoms with Gasteiger partial charge in [-0.3, -0.25) is 9.69 Å². The minimum Gasteiger partial charge on any atom is -0.308 e. The molecule has 3 saturated heterocycles. The van der Waals surface area contributed by atoms with E-state index in [1.807, 2.05) is 24.3 Å². The van der Waals surface area contributed by atoms with Crippen LogP contribution in [0.5, 0.6) is 0 Å². The van der Waals surface area contributed by atoms with Gasteiger partial charge in [0, 0.05) is 33.7 Å². The molecular weight excluding hydrogens is 316 g/mol. The molecule has 3 fully saturated rings. The van der Waals surface area contributed by atoms with Crippen molar-refractivity contribution in [1.29, 1.82) is 0 Å². The van der Waals surface area contributed by atoms with Gasteiger partial charge in [0.25, 0.3) is 0 Å². The predicted octanol–water partition coefficient (Wildman–Crippen LogP) is 3.17. The highest BCUT2D eigenvalue weighted by atomic mass is 35.5. The van der Waals surface area contributed by atoms with E-state index >= 15 is 0 Å². The SMILES string of the molecule is O=C(c1cc2c(Cl)cccc2s1)C1C2NC3CC2CCN1C3. The van der Waals surface area contributed by atoms with E-state index in [4.69, 9.17) is 11.6 Å². The number of hydrogen-bond donors (Lipinski definition) is 1. The molecule has 0 amide bonds. The first kappa shape index (κ1) is 13.5. The van der Waals surface area contributed by atoms with Crippen LogP contribution >= 0.6 is 22.9 Å². The van der Waals surface area contributed by atoms with Gasteiger partial charge in [-0.05, 0) is 43.5 Å². The van der Waals surface area contributed by atoms with E-state index in [1.54, 1.807) is 11.3 Å². The first-order chi connectivity index (χ1) is 10.7. The largest absolute Gasteiger partial charge is 0.308 e. The lowest BCUT2D eigenvalue weighted by Crippen LogP contribution is -2.64. The van der Waals surface area contributed by atoms with Crippen LogP contribution in [0.3, 0.4) is 0 Å². The summed E-state index contributed by atoms with van der Waals surface area (Å²) in [4.78, 5) is 16.4. The van der Waals surface area contributed by atoms with E-state index in [0.29, 0.717) is 18.0 Å². The summed E-state index contributed by atoms with van der Waals surface area (Å²) in [7, 11) is 0. The van der Waals surface area contributed by atoms with E-state index in [9.17, 15) is 4.79 Å². The van der Waals surface area contributed by atoms with Crippen molar-refractivity contribution in [3.05, 3.63) is 34.2 Å². The Balaban J connectivity index is 1.54. The summed E-state index contributed by atoms with van der Waals surface area (Å²) in [5, 5.41) is 5.42. The lowest BCUT2D eigenvalue weighted by Gasteiger charge is -2.44. The summed E-state index contributed by atoms with van der Waals surface area (Å²) < 4.78 is 1.10. The minimum absolute atomic E-state index is 0.0179. The van der Waals surface area contributed by atoms with E-state index in [2.05, 4.69) is 10.2 Å². The number of piperidine rings is 1. The fourth-order valence-corrected chi connectivity index (χ4v) is 5.91. The molecule has 3 bridgehead atoms. The Bertz CT molecular complexity index is 773. The van der Waals surface area contributed by atoms with Crippen molar-refractivity contribution in [2.75, 3.05) is 13.1 Å². The van der Waals surface area contributed by atoms with Gasteiger partial charge in [0.05, 0.1) is 10.9 Å². The van der Waals surface area contributed by atoms with Crippen molar-refractivity contribution in [1.82, 2.24) is 10.2 Å². The third-order valence-corrected chi connectivity index (χ3v) is 6.96. The number of piperazine rings is 1. The summed E-state index contributed by atoms with van der Waals surface area (Å²) in [6.45, 7) is 2.09. The molecule has 2 aromatic rings. The van der Waals surface area contributed by atoms with Crippen LogP contribution in [0, 0.1) is 5.92 Å². The lowest BCUT2D eigenvalue weighted by atomic mass is 9.85. The van der Waals surface area contributed by atoms with Gasteiger partial charge < -0.3 is 5.32 Å². The molecule has 0 aliphatic carbocycles. The van der Waals surface area contributed by atoms with Crippen molar-refractivity contribution in [3.63, 3.8) is 0 Å². The molecule has 0 spiro atoms. The number of carbonyl (C=O) groups excluding carboxylic acids is 1. The van der Waals surface area contributed by atoms with Crippen LogP contribution in [0.15, 0.2) is 24.3 Å². The van der Waals surface area contributed by atoms with Crippen molar-refractivity contribution < 1.29 is 4.79 Å². The molecule has 3 nitrogen and oxygen atoms in total. The Labute approximate surface area is 138 Å². The van der Waals surface area contributed by atoms with Gasteiger partial charge in [-0.2, -0.15) is 0 Å². The number of nitrogens with one attached hydrogen (secondary N) is 1. The molecule has 1 N–H and O–H groups in total. The van der Waals surface area contributed by atoms with Crippen molar-refractivity contribution in [3.8, 4) is 0 Å². The van der Waals surface area contributed by atoms with Crippen molar-refractivity contribution >= 4 is 38.8 Å². The normalized spacial score (nSPS) is 36.1. The van der Waals surface area contributed by atoms with Gasteiger partial charge in [-0.15, -0.1) is 11.3 Å². The molecule has 0 radical (unpaired) electrons. The molecule has 5 heteroatoms. The summed E-state index contributed by atoms with van der Waals surface area (Å²) in [6, 6.07) is 8.83. The molecule has 114 valence electrons. The monoisotopic (exact) mass is 332 g/mol. The Morgan fingerprint density at radius 2 is 2.32 bits per heavy atom. The minimum atomic E-state index is 0.0179. The first-order valence-electron chi connectivity index (χ1n) is 7.93. The molecule has 5 rings (SSSR count).